The molecule has 25 heavy (non-hydrogen) atoms. The van der Waals surface area contributed by atoms with Gasteiger partial charge in [-0.2, -0.15) is 0 Å². The molecule has 1 rings (SSSR count). The quantitative estimate of drug-likeness (QED) is 0.453. The Balaban J connectivity index is 3.52. The third-order valence-corrected chi connectivity index (χ3v) is 12.7. The second-order valence-corrected chi connectivity index (χ2v) is 21.4. The van der Waals surface area contributed by atoms with E-state index in [1.807, 2.05) is 18.2 Å². The Morgan fingerprint density at radius 3 is 1.88 bits per heavy atom. The summed E-state index contributed by atoms with van der Waals surface area (Å²) >= 11 is 0. The highest BCUT2D eigenvalue weighted by Crippen LogP contribution is 2.26. The number of ether oxygens (including phenoxy) is 1. The molecule has 0 aromatic heterocycles. The van der Waals surface area contributed by atoms with Gasteiger partial charge >= 0.3 is 8.56 Å². The fourth-order valence-corrected chi connectivity index (χ4v) is 14.8. The van der Waals surface area contributed by atoms with E-state index in [2.05, 4.69) is 59.7 Å². The van der Waals surface area contributed by atoms with Gasteiger partial charge in [-0.1, -0.05) is 26.0 Å². The first kappa shape index (κ1) is 22.3. The van der Waals surface area contributed by atoms with Crippen molar-refractivity contribution in [2.45, 2.75) is 59.7 Å². The molecule has 0 bridgehead atoms. The van der Waals surface area contributed by atoms with E-state index in [9.17, 15) is 4.79 Å². The second-order valence-electron chi connectivity index (χ2n) is 8.92. The van der Waals surface area contributed by atoms with Crippen molar-refractivity contribution >= 4 is 36.7 Å². The molecule has 7 heteroatoms. The highest BCUT2D eigenvalue weighted by atomic mass is 28.5. The predicted octanol–water partition coefficient (Wildman–Crippen LogP) is 4.52. The maximum absolute atomic E-state index is 11.8. The van der Waals surface area contributed by atoms with E-state index in [1.54, 1.807) is 0 Å². The molecule has 0 radical (unpaired) electrons. The standard InChI is InChI=1S/C18H34O4Si3/c1-15(2)14-20-17-12-10-11-16(13-19)18(17)25(9,21-23(3,4)5)22-24(6,7)8/h10-13,15H,14H2,1-9H3. The maximum atomic E-state index is 11.8. The lowest BCUT2D eigenvalue weighted by Crippen LogP contribution is -2.61. The van der Waals surface area contributed by atoms with Crippen LogP contribution in [0.1, 0.15) is 24.2 Å². The van der Waals surface area contributed by atoms with Crippen molar-refractivity contribution in [2.24, 2.45) is 5.92 Å². The molecule has 0 N–H and O–H groups in total. The van der Waals surface area contributed by atoms with Crippen LogP contribution in [0.3, 0.4) is 0 Å². The summed E-state index contributed by atoms with van der Waals surface area (Å²) < 4.78 is 19.3. The van der Waals surface area contributed by atoms with Crippen molar-refractivity contribution in [3.05, 3.63) is 23.8 Å². The fourth-order valence-electron chi connectivity index (χ4n) is 2.80. The predicted molar refractivity (Wildman–Crippen MR) is 112 cm³/mol. The molecule has 0 spiro atoms. The Morgan fingerprint density at radius 1 is 0.960 bits per heavy atom. The van der Waals surface area contributed by atoms with Crippen LogP contribution in [0.2, 0.25) is 45.8 Å². The number of benzene rings is 1. The van der Waals surface area contributed by atoms with E-state index < -0.39 is 25.2 Å². The van der Waals surface area contributed by atoms with Crippen molar-refractivity contribution in [1.82, 2.24) is 0 Å². The molecule has 1 aromatic carbocycles. The van der Waals surface area contributed by atoms with Gasteiger partial charge in [-0.3, -0.25) is 4.79 Å². The van der Waals surface area contributed by atoms with Gasteiger partial charge in [0.1, 0.15) is 12.0 Å². The Hall–Kier alpha value is -0.739. The number of aldehydes is 1. The highest BCUT2D eigenvalue weighted by molar-refractivity contribution is 6.94. The highest BCUT2D eigenvalue weighted by Gasteiger charge is 2.45. The van der Waals surface area contributed by atoms with Gasteiger partial charge in [0.05, 0.1) is 6.61 Å². The van der Waals surface area contributed by atoms with Crippen LogP contribution in [-0.2, 0) is 8.23 Å². The number of hydrogen-bond acceptors (Lipinski definition) is 4. The van der Waals surface area contributed by atoms with Crippen LogP contribution in [0.25, 0.3) is 0 Å². The van der Waals surface area contributed by atoms with E-state index in [-0.39, 0.29) is 0 Å². The summed E-state index contributed by atoms with van der Waals surface area (Å²) in [6, 6.07) is 5.62. The average Bonchev–Trinajstić information content (AvgIpc) is 2.40. The van der Waals surface area contributed by atoms with Crippen molar-refractivity contribution in [1.29, 1.82) is 0 Å². The number of carbonyl (C=O) groups is 1. The minimum atomic E-state index is -2.81. The first-order chi connectivity index (χ1) is 11.3. The molecule has 142 valence electrons. The normalized spacial score (nSPS) is 13.2. The van der Waals surface area contributed by atoms with Gasteiger partial charge in [-0.25, -0.2) is 0 Å². The number of carbonyl (C=O) groups excluding carboxylic acids is 1. The minimum absolute atomic E-state index is 0.400. The molecule has 0 saturated carbocycles. The summed E-state index contributed by atoms with van der Waals surface area (Å²) in [7, 11) is -6.59. The van der Waals surface area contributed by atoms with Crippen molar-refractivity contribution in [3.8, 4) is 5.75 Å². The molecule has 1 aromatic rings. The van der Waals surface area contributed by atoms with Gasteiger partial charge in [-0.05, 0) is 57.8 Å². The molecule has 0 saturated heterocycles. The van der Waals surface area contributed by atoms with Crippen LogP contribution < -0.4 is 9.92 Å². The topological polar surface area (TPSA) is 44.8 Å². The Kier molecular flexibility index (Phi) is 7.41. The Labute approximate surface area is 156 Å². The lowest BCUT2D eigenvalue weighted by atomic mass is 10.2. The van der Waals surface area contributed by atoms with Crippen LogP contribution in [0, 0.1) is 5.92 Å². The fraction of sp³-hybridized carbons (Fsp3) is 0.611. The molecular weight excluding hydrogens is 364 g/mol. The third-order valence-electron chi connectivity index (χ3n) is 3.21. The number of hydrogen-bond donors (Lipinski definition) is 0. The summed E-state index contributed by atoms with van der Waals surface area (Å²) in [5.74, 6) is 1.13. The SMILES string of the molecule is CC(C)COc1cccc(C=O)c1[Si](C)(O[Si](C)(C)C)O[Si](C)(C)C. The smallest absolute Gasteiger partial charge is 0.353 e. The lowest BCUT2D eigenvalue weighted by Gasteiger charge is -2.39. The van der Waals surface area contributed by atoms with Gasteiger partial charge in [0.15, 0.2) is 16.6 Å². The first-order valence-electron chi connectivity index (χ1n) is 8.89. The molecule has 0 amide bonds. The van der Waals surface area contributed by atoms with Crippen molar-refractivity contribution in [3.63, 3.8) is 0 Å². The lowest BCUT2D eigenvalue weighted by molar-refractivity contribution is 0.112. The van der Waals surface area contributed by atoms with Crippen molar-refractivity contribution < 1.29 is 17.8 Å². The van der Waals surface area contributed by atoms with E-state index in [4.69, 9.17) is 13.0 Å². The Morgan fingerprint density at radius 2 is 1.48 bits per heavy atom. The molecule has 0 unspecified atom stereocenters. The molecule has 0 aliphatic rings. The summed E-state index contributed by atoms with van der Waals surface area (Å²) in [5, 5.41) is 0.843. The molecule has 0 fully saturated rings. The van der Waals surface area contributed by atoms with E-state index in [1.165, 1.54) is 0 Å². The summed E-state index contributed by atoms with van der Waals surface area (Å²) in [6.45, 7) is 19.8. The van der Waals surface area contributed by atoms with E-state index in [0.717, 1.165) is 17.2 Å². The van der Waals surface area contributed by atoms with Crippen LogP contribution >= 0.6 is 0 Å². The monoisotopic (exact) mass is 398 g/mol. The van der Waals surface area contributed by atoms with Crippen LogP contribution in [0.4, 0.5) is 0 Å². The van der Waals surface area contributed by atoms with Crippen LogP contribution in [0.5, 0.6) is 5.75 Å². The zero-order chi connectivity index (χ0) is 19.5. The third kappa shape index (κ3) is 7.18. The van der Waals surface area contributed by atoms with Crippen molar-refractivity contribution in [2.75, 3.05) is 6.61 Å². The molecule has 0 aliphatic heterocycles. The average molecular weight is 399 g/mol. The largest absolute Gasteiger partial charge is 0.493 e. The summed E-state index contributed by atoms with van der Waals surface area (Å²) in [5.41, 5.74) is 0.618. The first-order valence-corrected chi connectivity index (χ1v) is 18.0. The summed E-state index contributed by atoms with van der Waals surface area (Å²) in [4.78, 5) is 11.8. The number of rotatable bonds is 9. The van der Waals surface area contributed by atoms with Gasteiger partial charge in [-0.15, -0.1) is 0 Å². The molecule has 0 heterocycles. The van der Waals surface area contributed by atoms with Crippen LogP contribution in [-0.4, -0.2) is 38.1 Å². The van der Waals surface area contributed by atoms with E-state index in [0.29, 0.717) is 18.1 Å². The van der Waals surface area contributed by atoms with Gasteiger partial charge in [0.2, 0.25) is 0 Å². The van der Waals surface area contributed by atoms with E-state index >= 15 is 0 Å². The maximum Gasteiger partial charge on any atom is 0.353 e. The van der Waals surface area contributed by atoms with Gasteiger partial charge in [0, 0.05) is 10.8 Å². The zero-order valence-electron chi connectivity index (χ0n) is 17.2. The molecular formula is C18H34O4Si3. The second kappa shape index (κ2) is 8.30. The van der Waals surface area contributed by atoms with Gasteiger partial charge in [0.25, 0.3) is 0 Å². The zero-order valence-corrected chi connectivity index (χ0v) is 20.2. The molecule has 0 atom stereocenters. The van der Waals surface area contributed by atoms with Gasteiger partial charge < -0.3 is 13.0 Å². The molecule has 4 nitrogen and oxygen atoms in total. The minimum Gasteiger partial charge on any atom is -0.493 e. The summed E-state index contributed by atoms with van der Waals surface area (Å²) in [6.07, 6.45) is 0.893. The Bertz CT molecular complexity index is 573. The molecule has 0 aliphatic carbocycles. The van der Waals surface area contributed by atoms with Crippen LogP contribution in [0.15, 0.2) is 18.2 Å².